The van der Waals surface area contributed by atoms with Crippen molar-refractivity contribution in [1.29, 1.82) is 0 Å². The van der Waals surface area contributed by atoms with Crippen LogP contribution in [0.2, 0.25) is 0 Å². The highest BCUT2D eigenvalue weighted by atomic mass is 32.1. The number of hydrogen-bond donors (Lipinski definition) is 2. The molecule has 1 aromatic heterocycles. The summed E-state index contributed by atoms with van der Waals surface area (Å²) >= 11 is 1.62. The average molecular weight is 266 g/mol. The lowest BCUT2D eigenvalue weighted by atomic mass is 10.1. The number of hydrogen-bond acceptors (Lipinski definition) is 3. The van der Waals surface area contributed by atoms with E-state index in [4.69, 9.17) is 0 Å². The molecule has 1 fully saturated rings. The molecule has 1 atom stereocenters. The first kappa shape index (κ1) is 13.6. The van der Waals surface area contributed by atoms with Crippen molar-refractivity contribution in [2.45, 2.75) is 45.6 Å². The van der Waals surface area contributed by atoms with Gasteiger partial charge < -0.3 is 10.6 Å². The molecule has 0 unspecified atom stereocenters. The Hall–Kier alpha value is -0.870. The molecule has 1 amide bonds. The van der Waals surface area contributed by atoms with Gasteiger partial charge in [-0.1, -0.05) is 13.3 Å². The van der Waals surface area contributed by atoms with Gasteiger partial charge in [-0.15, -0.1) is 11.3 Å². The van der Waals surface area contributed by atoms with Crippen molar-refractivity contribution in [1.82, 2.24) is 10.6 Å². The lowest BCUT2D eigenvalue weighted by Gasteiger charge is -2.23. The molecule has 18 heavy (non-hydrogen) atoms. The van der Waals surface area contributed by atoms with E-state index in [0.717, 1.165) is 43.6 Å². The van der Waals surface area contributed by atoms with E-state index in [1.54, 1.807) is 11.3 Å². The van der Waals surface area contributed by atoms with Gasteiger partial charge in [-0.05, 0) is 44.4 Å². The molecule has 0 spiro atoms. The first-order valence-electron chi connectivity index (χ1n) is 6.81. The molecule has 0 radical (unpaired) electrons. The number of nitrogens with one attached hydrogen (secondary N) is 2. The SMILES string of the molecule is CCCc1cc(C(=O)N[C@H]2CCCNC2)sc1C. The van der Waals surface area contributed by atoms with Crippen molar-refractivity contribution >= 4 is 17.2 Å². The zero-order chi connectivity index (χ0) is 13.0. The third-order valence-corrected chi connectivity index (χ3v) is 4.49. The van der Waals surface area contributed by atoms with Crippen LogP contribution in [0.4, 0.5) is 0 Å². The van der Waals surface area contributed by atoms with Crippen molar-refractivity contribution in [3.63, 3.8) is 0 Å². The van der Waals surface area contributed by atoms with Crippen molar-refractivity contribution in [2.24, 2.45) is 0 Å². The topological polar surface area (TPSA) is 41.1 Å². The largest absolute Gasteiger partial charge is 0.347 e. The highest BCUT2D eigenvalue weighted by Gasteiger charge is 2.18. The van der Waals surface area contributed by atoms with Crippen LogP contribution in [0.5, 0.6) is 0 Å². The van der Waals surface area contributed by atoms with Crippen LogP contribution in [0.1, 0.15) is 46.3 Å². The van der Waals surface area contributed by atoms with E-state index in [-0.39, 0.29) is 5.91 Å². The summed E-state index contributed by atoms with van der Waals surface area (Å²) in [5, 5.41) is 6.44. The van der Waals surface area contributed by atoms with Gasteiger partial charge in [-0.3, -0.25) is 4.79 Å². The summed E-state index contributed by atoms with van der Waals surface area (Å²) in [5.74, 6) is 0.0964. The van der Waals surface area contributed by atoms with E-state index in [0.29, 0.717) is 6.04 Å². The highest BCUT2D eigenvalue weighted by molar-refractivity contribution is 7.14. The fourth-order valence-electron chi connectivity index (χ4n) is 2.38. The normalized spacial score (nSPS) is 19.8. The quantitative estimate of drug-likeness (QED) is 0.879. The number of carbonyl (C=O) groups is 1. The van der Waals surface area contributed by atoms with Crippen LogP contribution in [0.3, 0.4) is 0 Å². The van der Waals surface area contributed by atoms with E-state index >= 15 is 0 Å². The fourth-order valence-corrected chi connectivity index (χ4v) is 3.36. The van der Waals surface area contributed by atoms with Crippen LogP contribution in [-0.2, 0) is 6.42 Å². The van der Waals surface area contributed by atoms with Crippen LogP contribution in [0, 0.1) is 6.92 Å². The van der Waals surface area contributed by atoms with Crippen molar-refractivity contribution in [3.05, 3.63) is 21.4 Å². The minimum absolute atomic E-state index is 0.0964. The molecule has 0 bridgehead atoms. The molecular weight excluding hydrogens is 244 g/mol. The Bertz CT molecular complexity index is 408. The van der Waals surface area contributed by atoms with E-state index in [1.165, 1.54) is 10.4 Å². The van der Waals surface area contributed by atoms with Crippen molar-refractivity contribution < 1.29 is 4.79 Å². The fraction of sp³-hybridized carbons (Fsp3) is 0.643. The van der Waals surface area contributed by atoms with Gasteiger partial charge in [0.15, 0.2) is 0 Å². The minimum Gasteiger partial charge on any atom is -0.347 e. The first-order chi connectivity index (χ1) is 8.70. The number of carbonyl (C=O) groups excluding carboxylic acids is 1. The summed E-state index contributed by atoms with van der Waals surface area (Å²) in [6.45, 7) is 6.25. The van der Waals surface area contributed by atoms with Gasteiger partial charge in [0.05, 0.1) is 4.88 Å². The molecule has 1 saturated heterocycles. The second kappa shape index (κ2) is 6.34. The Kier molecular flexibility index (Phi) is 4.78. The second-order valence-corrected chi connectivity index (χ2v) is 6.22. The van der Waals surface area contributed by atoms with Gasteiger partial charge in [0.2, 0.25) is 0 Å². The maximum atomic E-state index is 12.2. The smallest absolute Gasteiger partial charge is 0.261 e. The summed E-state index contributed by atoms with van der Waals surface area (Å²) < 4.78 is 0. The summed E-state index contributed by atoms with van der Waals surface area (Å²) in [7, 11) is 0. The highest BCUT2D eigenvalue weighted by Crippen LogP contribution is 2.23. The zero-order valence-electron chi connectivity index (χ0n) is 11.2. The Morgan fingerprint density at radius 3 is 3.11 bits per heavy atom. The molecular formula is C14H22N2OS. The summed E-state index contributed by atoms with van der Waals surface area (Å²) in [6.07, 6.45) is 4.44. The van der Waals surface area contributed by atoms with E-state index in [9.17, 15) is 4.79 Å². The lowest BCUT2D eigenvalue weighted by Crippen LogP contribution is -2.45. The van der Waals surface area contributed by atoms with Crippen molar-refractivity contribution in [3.8, 4) is 0 Å². The average Bonchev–Trinajstić information content (AvgIpc) is 2.73. The Morgan fingerprint density at radius 2 is 2.44 bits per heavy atom. The van der Waals surface area contributed by atoms with Gasteiger partial charge in [0, 0.05) is 17.5 Å². The molecule has 2 rings (SSSR count). The molecule has 0 aliphatic carbocycles. The Labute approximate surface area is 113 Å². The van der Waals surface area contributed by atoms with Gasteiger partial charge in [0.1, 0.15) is 0 Å². The van der Waals surface area contributed by atoms with Crippen LogP contribution in [-0.4, -0.2) is 25.0 Å². The van der Waals surface area contributed by atoms with E-state index < -0.39 is 0 Å². The van der Waals surface area contributed by atoms with Gasteiger partial charge in [-0.2, -0.15) is 0 Å². The van der Waals surface area contributed by atoms with Gasteiger partial charge >= 0.3 is 0 Å². The third kappa shape index (κ3) is 3.33. The molecule has 3 nitrogen and oxygen atoms in total. The summed E-state index contributed by atoms with van der Waals surface area (Å²) in [6, 6.07) is 2.36. The first-order valence-corrected chi connectivity index (χ1v) is 7.63. The third-order valence-electron chi connectivity index (χ3n) is 3.40. The van der Waals surface area contributed by atoms with Gasteiger partial charge in [-0.25, -0.2) is 0 Å². The van der Waals surface area contributed by atoms with Crippen LogP contribution >= 0.6 is 11.3 Å². The molecule has 100 valence electrons. The maximum absolute atomic E-state index is 12.2. The summed E-state index contributed by atoms with van der Waals surface area (Å²) in [4.78, 5) is 14.3. The zero-order valence-corrected chi connectivity index (χ0v) is 12.0. The molecule has 1 aliphatic rings. The van der Waals surface area contributed by atoms with Crippen LogP contribution in [0.25, 0.3) is 0 Å². The molecule has 1 aliphatic heterocycles. The van der Waals surface area contributed by atoms with Crippen LogP contribution in [0.15, 0.2) is 6.07 Å². The van der Waals surface area contributed by atoms with E-state index in [1.807, 2.05) is 0 Å². The molecule has 2 heterocycles. The molecule has 0 aromatic carbocycles. The Morgan fingerprint density at radius 1 is 1.61 bits per heavy atom. The van der Waals surface area contributed by atoms with E-state index in [2.05, 4.69) is 30.5 Å². The van der Waals surface area contributed by atoms with Crippen molar-refractivity contribution in [2.75, 3.05) is 13.1 Å². The standard InChI is InChI=1S/C14H22N2OS/c1-3-5-11-8-13(18-10(11)2)14(17)16-12-6-4-7-15-9-12/h8,12,15H,3-7,9H2,1-2H3,(H,16,17)/t12-/m0/s1. The monoisotopic (exact) mass is 266 g/mol. The second-order valence-electron chi connectivity index (χ2n) is 4.96. The minimum atomic E-state index is 0.0964. The maximum Gasteiger partial charge on any atom is 0.261 e. The molecule has 1 aromatic rings. The number of thiophene rings is 1. The molecule has 4 heteroatoms. The van der Waals surface area contributed by atoms with Gasteiger partial charge in [0.25, 0.3) is 5.91 Å². The van der Waals surface area contributed by atoms with Crippen LogP contribution < -0.4 is 10.6 Å². The number of rotatable bonds is 4. The molecule has 0 saturated carbocycles. The summed E-state index contributed by atoms with van der Waals surface area (Å²) in [5.41, 5.74) is 1.33. The Balaban J connectivity index is 1.97. The number of amides is 1. The predicted molar refractivity (Wildman–Crippen MR) is 76.4 cm³/mol. The number of piperidine rings is 1. The molecule has 2 N–H and O–H groups in total. The predicted octanol–water partition coefficient (Wildman–Crippen LogP) is 2.49. The lowest BCUT2D eigenvalue weighted by molar-refractivity contribution is 0.0935. The number of aryl methyl sites for hydroxylation is 2.